The van der Waals surface area contributed by atoms with Gasteiger partial charge in [0.25, 0.3) is 0 Å². The number of fused-ring (bicyclic) bond motifs is 1. The van der Waals surface area contributed by atoms with Gasteiger partial charge in [0.2, 0.25) is 5.91 Å². The molecule has 0 fully saturated rings. The van der Waals surface area contributed by atoms with Gasteiger partial charge < -0.3 is 14.9 Å². The molecule has 2 aromatic heterocycles. The number of aryl methyl sites for hydroxylation is 1. The van der Waals surface area contributed by atoms with Crippen LogP contribution in [0, 0.1) is 5.82 Å². The quantitative estimate of drug-likeness (QED) is 0.0655. The third-order valence-corrected chi connectivity index (χ3v) is 8.14. The van der Waals surface area contributed by atoms with Crippen molar-refractivity contribution in [1.29, 1.82) is 0 Å². The second-order valence-corrected chi connectivity index (χ2v) is 11.2. The van der Waals surface area contributed by atoms with Crippen molar-refractivity contribution in [3.8, 4) is 0 Å². The molecule has 4 aromatic carbocycles. The number of aromatic amines is 1. The maximum absolute atomic E-state index is 13.6. The highest BCUT2D eigenvalue weighted by atomic mass is 32.1. The second-order valence-electron chi connectivity index (χ2n) is 10.8. The van der Waals surface area contributed by atoms with Gasteiger partial charge in [-0.1, -0.05) is 91.0 Å². The largest absolute Gasteiger partial charge is 0.361 e. The monoisotopic (exact) mass is 616 g/mol. The number of imidazole rings is 1. The number of nitrogens with zero attached hydrogens (tertiary/aromatic N) is 2. The van der Waals surface area contributed by atoms with Crippen LogP contribution < -0.4 is 16.2 Å². The van der Waals surface area contributed by atoms with Crippen LogP contribution in [0.1, 0.15) is 34.4 Å². The molecule has 0 aliphatic heterocycles. The van der Waals surface area contributed by atoms with Gasteiger partial charge in [0.05, 0.1) is 18.4 Å². The summed E-state index contributed by atoms with van der Waals surface area (Å²) in [5.41, 5.74) is 10.6. The molecule has 4 N–H and O–H groups in total. The Balaban J connectivity index is 1.08. The molecule has 0 aliphatic carbocycles. The highest BCUT2D eigenvalue weighted by molar-refractivity contribution is 7.80. The summed E-state index contributed by atoms with van der Waals surface area (Å²) in [7, 11) is 0. The van der Waals surface area contributed by atoms with Crippen LogP contribution in [-0.4, -0.2) is 32.1 Å². The summed E-state index contributed by atoms with van der Waals surface area (Å²) >= 11 is 5.35. The first-order valence-corrected chi connectivity index (χ1v) is 15.2. The Labute approximate surface area is 266 Å². The lowest BCUT2D eigenvalue weighted by atomic mass is 9.77. The van der Waals surface area contributed by atoms with Crippen LogP contribution in [0.3, 0.4) is 0 Å². The molecular formula is C36H33FN6OS. The first-order chi connectivity index (χ1) is 22.0. The van der Waals surface area contributed by atoms with Crippen molar-refractivity contribution in [2.24, 2.45) is 0 Å². The van der Waals surface area contributed by atoms with E-state index in [9.17, 15) is 9.18 Å². The molecule has 45 heavy (non-hydrogen) atoms. The molecule has 0 saturated carbocycles. The van der Waals surface area contributed by atoms with Gasteiger partial charge in [-0.25, -0.2) is 9.37 Å². The van der Waals surface area contributed by atoms with Gasteiger partial charge in [0.15, 0.2) is 5.11 Å². The summed E-state index contributed by atoms with van der Waals surface area (Å²) in [5.74, 6) is -0.629. The molecule has 0 radical (unpaired) electrons. The maximum Gasteiger partial charge on any atom is 0.242 e. The van der Waals surface area contributed by atoms with E-state index >= 15 is 0 Å². The number of nitrogens with one attached hydrogen (secondary N) is 4. The lowest BCUT2D eigenvalue weighted by Crippen LogP contribution is -2.47. The molecular weight excluding hydrogens is 584 g/mol. The Kier molecular flexibility index (Phi) is 8.98. The number of thiocarbonyl (C=S) groups is 1. The second kappa shape index (κ2) is 13.6. The van der Waals surface area contributed by atoms with Crippen LogP contribution in [-0.2, 0) is 23.2 Å². The Hall–Kier alpha value is -5.28. The predicted molar refractivity (Wildman–Crippen MR) is 179 cm³/mol. The highest BCUT2D eigenvalue weighted by Gasteiger charge is 2.38. The number of H-pyrrole nitrogens is 1. The summed E-state index contributed by atoms with van der Waals surface area (Å²) < 4.78 is 15.9. The third kappa shape index (κ3) is 6.49. The van der Waals surface area contributed by atoms with Crippen molar-refractivity contribution in [2.75, 3.05) is 6.54 Å². The van der Waals surface area contributed by atoms with Crippen molar-refractivity contribution >= 4 is 34.1 Å². The number of halogens is 1. The Morgan fingerprint density at radius 3 is 2.11 bits per heavy atom. The molecule has 226 valence electrons. The first-order valence-electron chi connectivity index (χ1n) is 14.8. The van der Waals surface area contributed by atoms with E-state index in [1.54, 1.807) is 12.3 Å². The average Bonchev–Trinajstić information content (AvgIpc) is 3.71. The van der Waals surface area contributed by atoms with E-state index in [4.69, 9.17) is 17.2 Å². The maximum atomic E-state index is 13.6. The van der Waals surface area contributed by atoms with Crippen LogP contribution in [0.4, 0.5) is 4.39 Å². The van der Waals surface area contributed by atoms with E-state index in [-0.39, 0.29) is 18.1 Å². The van der Waals surface area contributed by atoms with E-state index < -0.39 is 5.54 Å². The van der Waals surface area contributed by atoms with Gasteiger partial charge in [-0.3, -0.25) is 15.6 Å². The third-order valence-electron chi connectivity index (χ3n) is 7.89. The number of hydrogen-bond donors (Lipinski definition) is 4. The molecule has 6 aromatic rings. The zero-order chi connectivity index (χ0) is 31.1. The number of carbonyl (C=O) groups is 1. The highest BCUT2D eigenvalue weighted by Crippen LogP contribution is 2.40. The summed E-state index contributed by atoms with van der Waals surface area (Å²) in [6.45, 7) is 0.595. The van der Waals surface area contributed by atoms with Crippen molar-refractivity contribution in [3.05, 3.63) is 162 Å². The molecule has 1 amide bonds. The minimum Gasteiger partial charge on any atom is -0.361 e. The van der Waals surface area contributed by atoms with E-state index in [0.717, 1.165) is 40.7 Å². The fraction of sp³-hybridized carbons (Fsp3) is 0.139. The van der Waals surface area contributed by atoms with E-state index in [1.165, 1.54) is 12.1 Å². The first kappa shape index (κ1) is 29.8. The molecule has 0 atom stereocenters. The fourth-order valence-electron chi connectivity index (χ4n) is 5.82. The van der Waals surface area contributed by atoms with Gasteiger partial charge in [-0.2, -0.15) is 0 Å². The van der Waals surface area contributed by atoms with Gasteiger partial charge >= 0.3 is 0 Å². The molecule has 0 aliphatic rings. The van der Waals surface area contributed by atoms with Crippen LogP contribution in [0.15, 0.2) is 128 Å². The number of hydrazine groups is 1. The van der Waals surface area contributed by atoms with Gasteiger partial charge in [0, 0.05) is 29.8 Å². The molecule has 0 spiro atoms. The molecule has 0 unspecified atom stereocenters. The topological polar surface area (TPSA) is 86.8 Å². The van der Waals surface area contributed by atoms with E-state index in [0.29, 0.717) is 22.6 Å². The summed E-state index contributed by atoms with van der Waals surface area (Å²) in [6, 6.07) is 36.0. The van der Waals surface area contributed by atoms with E-state index in [1.807, 2.05) is 24.5 Å². The number of carbonyl (C=O) groups excluding carboxylic acids is 1. The summed E-state index contributed by atoms with van der Waals surface area (Å²) in [6.07, 6.45) is 7.35. The summed E-state index contributed by atoms with van der Waals surface area (Å²) in [5, 5.41) is 4.13. The average molecular weight is 617 g/mol. The number of rotatable bonds is 10. The lowest BCUT2D eigenvalue weighted by molar-refractivity contribution is -0.121. The summed E-state index contributed by atoms with van der Waals surface area (Å²) in [4.78, 5) is 20.3. The fourth-order valence-corrected chi connectivity index (χ4v) is 5.97. The number of aromatic nitrogens is 3. The van der Waals surface area contributed by atoms with Crippen molar-refractivity contribution in [1.82, 2.24) is 30.7 Å². The standard InChI is InChI=1S/C36H33FN6OS/c37-30-18-19-33-32(22-30)26(23-39-33)21-34(44)41-42-35(45)38-20-10-17-31-24-43(25-40-31)36(27-11-4-1-5-12-27,28-13-6-2-7-14-28)29-15-8-3-9-16-29/h1-9,11-16,18-19,22-25,39H,10,17,20-21H2,(H,41,44)(H2,38,42,45). The van der Waals surface area contributed by atoms with Crippen LogP contribution in [0.2, 0.25) is 0 Å². The van der Waals surface area contributed by atoms with Crippen molar-refractivity contribution < 1.29 is 9.18 Å². The SMILES string of the molecule is O=C(Cc1c[nH]c2ccc(F)cc12)NNC(=S)NCCCc1cn(C(c2ccccc2)(c2ccccc2)c2ccccc2)cn1. The van der Waals surface area contributed by atoms with Gasteiger partial charge in [-0.15, -0.1) is 0 Å². The predicted octanol–water partition coefficient (Wildman–Crippen LogP) is 6.01. The zero-order valence-electron chi connectivity index (χ0n) is 24.5. The number of amides is 1. The normalized spacial score (nSPS) is 11.3. The van der Waals surface area contributed by atoms with Gasteiger partial charge in [0.1, 0.15) is 11.4 Å². The minimum absolute atomic E-state index is 0.0815. The number of benzene rings is 4. The Morgan fingerprint density at radius 1 is 0.867 bits per heavy atom. The lowest BCUT2D eigenvalue weighted by Gasteiger charge is -2.37. The van der Waals surface area contributed by atoms with E-state index in [2.05, 4.69) is 105 Å². The molecule has 0 bridgehead atoms. The van der Waals surface area contributed by atoms with Crippen LogP contribution >= 0.6 is 12.2 Å². The Bertz CT molecular complexity index is 1790. The van der Waals surface area contributed by atoms with Crippen molar-refractivity contribution in [2.45, 2.75) is 24.8 Å². The molecule has 0 saturated heterocycles. The van der Waals surface area contributed by atoms with Crippen LogP contribution in [0.25, 0.3) is 10.9 Å². The van der Waals surface area contributed by atoms with Crippen molar-refractivity contribution in [3.63, 3.8) is 0 Å². The molecule has 9 heteroatoms. The van der Waals surface area contributed by atoms with Gasteiger partial charge in [-0.05, 0) is 65.5 Å². The molecule has 2 heterocycles. The molecule has 6 rings (SSSR count). The molecule has 7 nitrogen and oxygen atoms in total. The minimum atomic E-state index is -0.599. The zero-order valence-corrected chi connectivity index (χ0v) is 25.4. The van der Waals surface area contributed by atoms with Crippen LogP contribution in [0.5, 0.6) is 0 Å². The number of hydrogen-bond acceptors (Lipinski definition) is 3. The smallest absolute Gasteiger partial charge is 0.242 e. The Morgan fingerprint density at radius 2 is 1.49 bits per heavy atom.